The van der Waals surface area contributed by atoms with Gasteiger partial charge in [-0.1, -0.05) is 6.42 Å². The molecule has 3 N–H and O–H groups in total. The van der Waals surface area contributed by atoms with Crippen LogP contribution in [-0.4, -0.2) is 12.5 Å². The molecule has 0 saturated heterocycles. The third-order valence-electron chi connectivity index (χ3n) is 4.08. The Balaban J connectivity index is 2.05. The summed E-state index contributed by atoms with van der Waals surface area (Å²) in [5.74, 6) is 1.83. The summed E-state index contributed by atoms with van der Waals surface area (Å²) in [4.78, 5) is 12.3. The minimum Gasteiger partial charge on any atom is -0.466 e. The lowest BCUT2D eigenvalue weighted by Gasteiger charge is -2.39. The van der Waals surface area contributed by atoms with E-state index in [9.17, 15) is 4.79 Å². The fourth-order valence-electron chi connectivity index (χ4n) is 2.64. The average Bonchev–Trinajstić information content (AvgIpc) is 2.57. The molecule has 18 heavy (non-hydrogen) atoms. The molecule has 1 saturated carbocycles. The molecule has 1 aliphatic carbocycles. The summed E-state index contributed by atoms with van der Waals surface area (Å²) >= 11 is 0. The van der Waals surface area contributed by atoms with Crippen molar-refractivity contribution < 1.29 is 9.21 Å². The Morgan fingerprint density at radius 1 is 1.56 bits per heavy atom. The van der Waals surface area contributed by atoms with Gasteiger partial charge in [0.2, 0.25) is 5.91 Å². The van der Waals surface area contributed by atoms with Crippen molar-refractivity contribution in [3.05, 3.63) is 23.2 Å². The van der Waals surface area contributed by atoms with Crippen LogP contribution in [0.15, 0.2) is 10.5 Å². The van der Waals surface area contributed by atoms with Crippen LogP contribution in [0.5, 0.6) is 0 Å². The van der Waals surface area contributed by atoms with Gasteiger partial charge in [0.25, 0.3) is 0 Å². The second-order valence-corrected chi connectivity index (χ2v) is 5.40. The van der Waals surface area contributed by atoms with E-state index in [-0.39, 0.29) is 17.4 Å². The van der Waals surface area contributed by atoms with Gasteiger partial charge in [0.1, 0.15) is 11.5 Å². The molecule has 0 radical (unpaired) electrons. The van der Waals surface area contributed by atoms with Gasteiger partial charge in [-0.15, -0.1) is 0 Å². The lowest BCUT2D eigenvalue weighted by Crippen LogP contribution is -2.50. The van der Waals surface area contributed by atoms with E-state index < -0.39 is 0 Å². The fourth-order valence-corrected chi connectivity index (χ4v) is 2.64. The maximum Gasteiger partial charge on any atom is 0.227 e. The zero-order valence-corrected chi connectivity index (χ0v) is 11.4. The summed E-state index contributed by atoms with van der Waals surface area (Å²) in [6, 6.07) is 1.95. The summed E-state index contributed by atoms with van der Waals surface area (Å²) in [5.41, 5.74) is 6.47. The van der Waals surface area contributed by atoms with Gasteiger partial charge in [-0.3, -0.25) is 4.79 Å². The SMILES string of the molecule is Cc1cc(C(C)NC(=O)C2(CN)CCC2)c(C)o1. The lowest BCUT2D eigenvalue weighted by atomic mass is 9.68. The molecule has 0 aliphatic heterocycles. The first-order valence-electron chi connectivity index (χ1n) is 6.56. The number of amides is 1. The maximum atomic E-state index is 12.3. The van der Waals surface area contributed by atoms with Crippen molar-refractivity contribution in [2.24, 2.45) is 11.1 Å². The van der Waals surface area contributed by atoms with E-state index in [0.717, 1.165) is 36.3 Å². The van der Waals surface area contributed by atoms with E-state index in [2.05, 4.69) is 5.32 Å². The van der Waals surface area contributed by atoms with Gasteiger partial charge in [0.05, 0.1) is 11.5 Å². The third kappa shape index (κ3) is 2.17. The molecule has 4 nitrogen and oxygen atoms in total. The second-order valence-electron chi connectivity index (χ2n) is 5.40. The highest BCUT2D eigenvalue weighted by molar-refractivity contribution is 5.84. The molecular formula is C14H22N2O2. The van der Waals surface area contributed by atoms with Crippen LogP contribution < -0.4 is 11.1 Å². The number of furan rings is 1. The average molecular weight is 250 g/mol. The molecule has 1 amide bonds. The molecule has 0 spiro atoms. The van der Waals surface area contributed by atoms with Gasteiger partial charge in [-0.05, 0) is 39.7 Å². The normalized spacial score (nSPS) is 19.1. The number of nitrogens with two attached hydrogens (primary N) is 1. The van der Waals surface area contributed by atoms with E-state index in [1.807, 2.05) is 26.8 Å². The summed E-state index contributed by atoms with van der Waals surface area (Å²) in [6.45, 7) is 6.26. The highest BCUT2D eigenvalue weighted by atomic mass is 16.3. The Bertz CT molecular complexity index is 441. The van der Waals surface area contributed by atoms with Gasteiger partial charge >= 0.3 is 0 Å². The molecule has 1 aromatic rings. The summed E-state index contributed by atoms with van der Waals surface area (Å²) in [5, 5.41) is 3.07. The van der Waals surface area contributed by atoms with E-state index in [1.165, 1.54) is 0 Å². The van der Waals surface area contributed by atoms with Crippen LogP contribution in [0.2, 0.25) is 0 Å². The van der Waals surface area contributed by atoms with Gasteiger partial charge in [0.15, 0.2) is 0 Å². The molecule has 0 aromatic carbocycles. The smallest absolute Gasteiger partial charge is 0.227 e. The second kappa shape index (κ2) is 4.76. The maximum absolute atomic E-state index is 12.3. The Morgan fingerprint density at radius 2 is 2.22 bits per heavy atom. The van der Waals surface area contributed by atoms with Crippen LogP contribution in [0.25, 0.3) is 0 Å². The Labute approximate surface area is 108 Å². The molecule has 2 rings (SSSR count). The standard InChI is InChI=1S/C14H22N2O2/c1-9-7-12(11(3)18-9)10(2)16-13(17)14(8-15)5-4-6-14/h7,10H,4-6,8,15H2,1-3H3,(H,16,17). The van der Waals surface area contributed by atoms with Gasteiger partial charge in [0, 0.05) is 12.1 Å². The Morgan fingerprint density at radius 3 is 2.61 bits per heavy atom. The zero-order chi connectivity index (χ0) is 13.3. The molecule has 1 atom stereocenters. The largest absolute Gasteiger partial charge is 0.466 e. The van der Waals surface area contributed by atoms with Crippen molar-refractivity contribution in [1.82, 2.24) is 5.32 Å². The topological polar surface area (TPSA) is 68.3 Å². The zero-order valence-electron chi connectivity index (χ0n) is 11.4. The number of carbonyl (C=O) groups is 1. The number of hydrogen-bond acceptors (Lipinski definition) is 3. The monoisotopic (exact) mass is 250 g/mol. The Hall–Kier alpha value is -1.29. The lowest BCUT2D eigenvalue weighted by molar-refractivity contribution is -0.135. The number of carbonyl (C=O) groups excluding carboxylic acids is 1. The molecular weight excluding hydrogens is 228 g/mol. The molecule has 4 heteroatoms. The molecule has 1 heterocycles. The number of aryl methyl sites for hydroxylation is 2. The predicted octanol–water partition coefficient (Wildman–Crippen LogP) is 2.20. The third-order valence-corrected chi connectivity index (χ3v) is 4.08. The number of hydrogen-bond donors (Lipinski definition) is 2. The first-order valence-corrected chi connectivity index (χ1v) is 6.56. The minimum atomic E-state index is -0.319. The van der Waals surface area contributed by atoms with Crippen LogP contribution in [0.4, 0.5) is 0 Å². The summed E-state index contributed by atoms with van der Waals surface area (Å²) < 4.78 is 5.49. The van der Waals surface area contributed by atoms with Crippen LogP contribution >= 0.6 is 0 Å². The van der Waals surface area contributed by atoms with E-state index in [0.29, 0.717) is 6.54 Å². The van der Waals surface area contributed by atoms with Crippen LogP contribution in [0.3, 0.4) is 0 Å². The molecule has 1 unspecified atom stereocenters. The molecule has 1 fully saturated rings. The van der Waals surface area contributed by atoms with E-state index >= 15 is 0 Å². The minimum absolute atomic E-state index is 0.0287. The van der Waals surface area contributed by atoms with Crippen molar-refractivity contribution in [2.75, 3.05) is 6.54 Å². The molecule has 1 aromatic heterocycles. The molecule has 0 bridgehead atoms. The van der Waals surface area contributed by atoms with Crippen molar-refractivity contribution in [3.8, 4) is 0 Å². The van der Waals surface area contributed by atoms with E-state index in [4.69, 9.17) is 10.2 Å². The highest BCUT2D eigenvalue weighted by Crippen LogP contribution is 2.40. The predicted molar refractivity (Wildman–Crippen MR) is 70.1 cm³/mol. The van der Waals surface area contributed by atoms with Gasteiger partial charge < -0.3 is 15.5 Å². The van der Waals surface area contributed by atoms with Crippen molar-refractivity contribution >= 4 is 5.91 Å². The fraction of sp³-hybridized carbons (Fsp3) is 0.643. The van der Waals surface area contributed by atoms with Crippen molar-refractivity contribution in [2.45, 2.75) is 46.1 Å². The number of rotatable bonds is 4. The van der Waals surface area contributed by atoms with Crippen LogP contribution in [0.1, 0.15) is 49.3 Å². The van der Waals surface area contributed by atoms with Crippen LogP contribution in [0, 0.1) is 19.3 Å². The molecule has 100 valence electrons. The quantitative estimate of drug-likeness (QED) is 0.860. The number of nitrogens with one attached hydrogen (secondary N) is 1. The summed E-state index contributed by atoms with van der Waals surface area (Å²) in [7, 11) is 0. The highest BCUT2D eigenvalue weighted by Gasteiger charge is 2.43. The van der Waals surface area contributed by atoms with Crippen LogP contribution in [-0.2, 0) is 4.79 Å². The first kappa shape index (κ1) is 13.1. The first-order chi connectivity index (χ1) is 8.48. The van der Waals surface area contributed by atoms with E-state index in [1.54, 1.807) is 0 Å². The Kier molecular flexibility index (Phi) is 3.48. The van der Waals surface area contributed by atoms with Crippen molar-refractivity contribution in [1.29, 1.82) is 0 Å². The van der Waals surface area contributed by atoms with Gasteiger partial charge in [-0.25, -0.2) is 0 Å². The van der Waals surface area contributed by atoms with Crippen molar-refractivity contribution in [3.63, 3.8) is 0 Å². The summed E-state index contributed by atoms with van der Waals surface area (Å²) in [6.07, 6.45) is 2.92. The molecule has 1 aliphatic rings. The van der Waals surface area contributed by atoms with Gasteiger partial charge in [-0.2, -0.15) is 0 Å².